The van der Waals surface area contributed by atoms with Crippen molar-refractivity contribution in [3.05, 3.63) is 58.6 Å². The van der Waals surface area contributed by atoms with Gasteiger partial charge in [-0.1, -0.05) is 0 Å². The van der Waals surface area contributed by atoms with Crippen LogP contribution >= 0.6 is 0 Å². The van der Waals surface area contributed by atoms with E-state index in [0.29, 0.717) is 24.3 Å². The van der Waals surface area contributed by atoms with Crippen molar-refractivity contribution < 1.29 is 40.3 Å². The molecule has 0 aromatic heterocycles. The van der Waals surface area contributed by atoms with Crippen LogP contribution in [0.3, 0.4) is 0 Å². The SMILES string of the molecule is CC1C(=O)C=C(C(F)(F)F)C=C1OCc1cc(F)cc(C(F)(F)F)c1. The van der Waals surface area contributed by atoms with E-state index in [1.807, 2.05) is 0 Å². The minimum atomic E-state index is -4.78. The van der Waals surface area contributed by atoms with E-state index >= 15 is 0 Å². The number of allylic oxidation sites excluding steroid dienone is 4. The normalized spacial score (nSPS) is 18.7. The van der Waals surface area contributed by atoms with E-state index in [2.05, 4.69) is 0 Å². The summed E-state index contributed by atoms with van der Waals surface area (Å²) in [5, 5.41) is 0. The van der Waals surface area contributed by atoms with Gasteiger partial charge in [0.25, 0.3) is 0 Å². The predicted octanol–water partition coefficient (Wildman–Crippen LogP) is 4.95. The van der Waals surface area contributed by atoms with Crippen LogP contribution < -0.4 is 0 Å². The van der Waals surface area contributed by atoms with Gasteiger partial charge in [0.1, 0.15) is 18.2 Å². The highest BCUT2D eigenvalue weighted by atomic mass is 19.4. The van der Waals surface area contributed by atoms with Gasteiger partial charge in [-0.25, -0.2) is 4.39 Å². The average Bonchev–Trinajstić information content (AvgIpc) is 2.46. The van der Waals surface area contributed by atoms with Gasteiger partial charge < -0.3 is 4.74 Å². The molecule has 9 heteroatoms. The van der Waals surface area contributed by atoms with Gasteiger partial charge in [-0.05, 0) is 42.8 Å². The summed E-state index contributed by atoms with van der Waals surface area (Å²) in [4.78, 5) is 11.6. The van der Waals surface area contributed by atoms with Gasteiger partial charge in [-0.2, -0.15) is 26.3 Å². The lowest BCUT2D eigenvalue weighted by molar-refractivity contribution is -0.137. The van der Waals surface area contributed by atoms with Crippen LogP contribution in [-0.4, -0.2) is 12.0 Å². The van der Waals surface area contributed by atoms with Gasteiger partial charge in [-0.15, -0.1) is 0 Å². The molecule has 1 aromatic carbocycles. The topological polar surface area (TPSA) is 26.3 Å². The monoisotopic (exact) mass is 368 g/mol. The van der Waals surface area contributed by atoms with E-state index in [1.165, 1.54) is 6.92 Å². The second-order valence-corrected chi connectivity index (χ2v) is 5.40. The first kappa shape index (κ1) is 19.0. The molecule has 0 aliphatic heterocycles. The smallest absolute Gasteiger partial charge is 0.416 e. The Morgan fingerprint density at radius 3 is 2.20 bits per heavy atom. The standard InChI is InChI=1S/C16H11F7O2/c1-8-13(24)5-11(16(21,22)23)6-14(8)25-7-9-2-10(15(18,19)20)4-12(17)3-9/h2-6,8H,7H2,1H3. The molecule has 2 rings (SSSR count). The highest BCUT2D eigenvalue weighted by Crippen LogP contribution is 2.34. The lowest BCUT2D eigenvalue weighted by Gasteiger charge is -2.21. The molecule has 0 saturated carbocycles. The Hall–Kier alpha value is -2.32. The molecule has 25 heavy (non-hydrogen) atoms. The Kier molecular flexibility index (Phi) is 4.97. The van der Waals surface area contributed by atoms with Crippen LogP contribution in [0.15, 0.2) is 41.7 Å². The van der Waals surface area contributed by atoms with Crippen LogP contribution in [0.1, 0.15) is 18.1 Å². The zero-order valence-corrected chi connectivity index (χ0v) is 12.6. The predicted molar refractivity (Wildman–Crippen MR) is 72.6 cm³/mol. The fourth-order valence-corrected chi connectivity index (χ4v) is 2.13. The summed E-state index contributed by atoms with van der Waals surface area (Å²) in [5.41, 5.74) is -2.69. The third-order valence-corrected chi connectivity index (χ3v) is 3.47. The molecule has 0 bridgehead atoms. The van der Waals surface area contributed by atoms with E-state index in [0.717, 1.165) is 6.07 Å². The molecule has 0 heterocycles. The lowest BCUT2D eigenvalue weighted by Crippen LogP contribution is -2.23. The summed E-state index contributed by atoms with van der Waals surface area (Å²) in [6.07, 6.45) is -8.51. The van der Waals surface area contributed by atoms with Crippen LogP contribution in [0.25, 0.3) is 0 Å². The summed E-state index contributed by atoms with van der Waals surface area (Å²) in [6, 6.07) is 1.69. The molecule has 0 saturated heterocycles. The lowest BCUT2D eigenvalue weighted by atomic mass is 9.94. The molecule has 1 unspecified atom stereocenters. The number of ether oxygens (including phenoxy) is 1. The molecule has 2 nitrogen and oxygen atoms in total. The molecular formula is C16H11F7O2. The third-order valence-electron chi connectivity index (χ3n) is 3.47. The Balaban J connectivity index is 2.23. The van der Waals surface area contributed by atoms with Crippen molar-refractivity contribution in [2.45, 2.75) is 25.9 Å². The molecule has 0 radical (unpaired) electrons. The van der Waals surface area contributed by atoms with Crippen molar-refractivity contribution in [1.29, 1.82) is 0 Å². The molecule has 1 aromatic rings. The number of hydrogen-bond donors (Lipinski definition) is 0. The van der Waals surface area contributed by atoms with Crippen molar-refractivity contribution in [3.8, 4) is 0 Å². The maximum atomic E-state index is 13.3. The van der Waals surface area contributed by atoms with E-state index < -0.39 is 47.6 Å². The largest absolute Gasteiger partial charge is 0.492 e. The van der Waals surface area contributed by atoms with Gasteiger partial charge in [0.05, 0.1) is 17.1 Å². The Morgan fingerprint density at radius 1 is 1.00 bits per heavy atom. The van der Waals surface area contributed by atoms with Crippen LogP contribution in [0.5, 0.6) is 0 Å². The summed E-state index contributed by atoms with van der Waals surface area (Å²) < 4.78 is 94.5. The highest BCUT2D eigenvalue weighted by Gasteiger charge is 2.37. The summed E-state index contributed by atoms with van der Waals surface area (Å²) in [7, 11) is 0. The maximum Gasteiger partial charge on any atom is 0.416 e. The van der Waals surface area contributed by atoms with Crippen molar-refractivity contribution in [1.82, 2.24) is 0 Å². The summed E-state index contributed by atoms with van der Waals surface area (Å²) >= 11 is 0. The van der Waals surface area contributed by atoms with Crippen molar-refractivity contribution in [2.75, 3.05) is 0 Å². The quantitative estimate of drug-likeness (QED) is 0.706. The van der Waals surface area contributed by atoms with E-state index in [-0.39, 0.29) is 11.3 Å². The Morgan fingerprint density at radius 2 is 1.64 bits per heavy atom. The van der Waals surface area contributed by atoms with E-state index in [9.17, 15) is 35.5 Å². The molecule has 1 aliphatic carbocycles. The van der Waals surface area contributed by atoms with Crippen molar-refractivity contribution in [3.63, 3.8) is 0 Å². The number of hydrogen-bond acceptors (Lipinski definition) is 2. The van der Waals surface area contributed by atoms with Crippen LogP contribution in [0.2, 0.25) is 0 Å². The maximum absolute atomic E-state index is 13.3. The van der Waals surface area contributed by atoms with Gasteiger partial charge >= 0.3 is 12.4 Å². The molecule has 1 aliphatic rings. The number of carbonyl (C=O) groups excluding carboxylic acids is 1. The summed E-state index contributed by atoms with van der Waals surface area (Å²) in [5.74, 6) is -3.38. The van der Waals surface area contributed by atoms with Gasteiger partial charge in [0.2, 0.25) is 0 Å². The van der Waals surface area contributed by atoms with Gasteiger partial charge in [-0.3, -0.25) is 4.79 Å². The van der Waals surface area contributed by atoms with Crippen molar-refractivity contribution in [2.24, 2.45) is 5.92 Å². The van der Waals surface area contributed by atoms with Gasteiger partial charge in [0.15, 0.2) is 5.78 Å². The van der Waals surface area contributed by atoms with Crippen LogP contribution in [0, 0.1) is 11.7 Å². The molecule has 136 valence electrons. The fraction of sp³-hybridized carbons (Fsp3) is 0.312. The molecule has 0 fully saturated rings. The van der Waals surface area contributed by atoms with Gasteiger partial charge in [0, 0.05) is 0 Å². The van der Waals surface area contributed by atoms with Crippen molar-refractivity contribution >= 4 is 5.78 Å². The van der Waals surface area contributed by atoms with Crippen LogP contribution in [-0.2, 0) is 22.3 Å². The average molecular weight is 368 g/mol. The molecule has 0 N–H and O–H groups in total. The number of carbonyl (C=O) groups is 1. The fourth-order valence-electron chi connectivity index (χ4n) is 2.13. The number of benzene rings is 1. The zero-order chi connectivity index (χ0) is 19.0. The minimum Gasteiger partial charge on any atom is -0.492 e. The molecular weight excluding hydrogens is 357 g/mol. The molecule has 0 amide bonds. The number of alkyl halides is 6. The highest BCUT2D eigenvalue weighted by molar-refractivity contribution is 5.95. The minimum absolute atomic E-state index is 0.226. The number of ketones is 1. The second kappa shape index (κ2) is 6.53. The second-order valence-electron chi connectivity index (χ2n) is 5.40. The first-order valence-electron chi connectivity index (χ1n) is 6.91. The Bertz CT molecular complexity index is 742. The molecule has 0 spiro atoms. The third kappa shape index (κ3) is 4.61. The summed E-state index contributed by atoms with van der Waals surface area (Å²) in [6.45, 7) is 0.681. The molecule has 1 atom stereocenters. The zero-order valence-electron chi connectivity index (χ0n) is 12.6. The van der Waals surface area contributed by atoms with Crippen LogP contribution in [0.4, 0.5) is 30.7 Å². The van der Waals surface area contributed by atoms with E-state index in [1.54, 1.807) is 0 Å². The number of halogens is 7. The Labute approximate surface area is 137 Å². The first-order valence-corrected chi connectivity index (χ1v) is 6.91. The number of rotatable bonds is 3. The van der Waals surface area contributed by atoms with E-state index in [4.69, 9.17) is 4.74 Å². The first-order chi connectivity index (χ1) is 11.4.